The number of sulfonamides is 1. The highest BCUT2D eigenvalue weighted by Crippen LogP contribution is 2.36. The average molecular weight is 439 g/mol. The van der Waals surface area contributed by atoms with Crippen molar-refractivity contribution < 1.29 is 32.5 Å². The van der Waals surface area contributed by atoms with Crippen LogP contribution in [-0.4, -0.2) is 45.0 Å². The van der Waals surface area contributed by atoms with Gasteiger partial charge in [0.05, 0.1) is 29.0 Å². The number of rotatable bonds is 8. The summed E-state index contributed by atoms with van der Waals surface area (Å²) in [6.07, 6.45) is 0. The Labute approximate surface area is 171 Å². The molecule has 0 bridgehead atoms. The Morgan fingerprint density at radius 2 is 1.60 bits per heavy atom. The quantitative estimate of drug-likeness (QED) is 0.341. The van der Waals surface area contributed by atoms with Crippen LogP contribution in [0.15, 0.2) is 41.3 Å². The lowest BCUT2D eigenvalue weighted by Gasteiger charge is -2.25. The molecule has 0 aromatic heterocycles. The van der Waals surface area contributed by atoms with Gasteiger partial charge in [-0.2, -0.15) is 0 Å². The molecule has 12 nitrogen and oxygen atoms in total. The van der Waals surface area contributed by atoms with Crippen molar-refractivity contribution in [3.8, 4) is 5.75 Å². The number of nitro benzene ring substituents is 2. The number of nitrogens with zero attached hydrogens (tertiary/aromatic N) is 3. The molecule has 0 N–H and O–H groups in total. The summed E-state index contributed by atoms with van der Waals surface area (Å²) in [7, 11) is -2.34. The zero-order chi connectivity index (χ0) is 22.6. The predicted molar refractivity (Wildman–Crippen MR) is 104 cm³/mol. The minimum absolute atomic E-state index is 0.0730. The first kappa shape index (κ1) is 22.5. The van der Waals surface area contributed by atoms with Crippen molar-refractivity contribution in [2.75, 3.05) is 25.1 Å². The van der Waals surface area contributed by atoms with Crippen LogP contribution >= 0.6 is 0 Å². The third-order valence-electron chi connectivity index (χ3n) is 4.09. The number of benzene rings is 2. The lowest BCUT2D eigenvalue weighted by Crippen LogP contribution is -2.37. The molecule has 0 saturated heterocycles. The minimum atomic E-state index is -4.60. The van der Waals surface area contributed by atoms with Gasteiger partial charge in [-0.15, -0.1) is 0 Å². The van der Waals surface area contributed by atoms with Crippen molar-refractivity contribution >= 4 is 33.1 Å². The third kappa shape index (κ3) is 4.46. The third-order valence-corrected chi connectivity index (χ3v) is 5.99. The molecule has 0 fully saturated rings. The molecule has 0 atom stereocenters. The van der Waals surface area contributed by atoms with E-state index in [1.807, 2.05) is 0 Å². The van der Waals surface area contributed by atoms with Crippen LogP contribution in [0.3, 0.4) is 0 Å². The Bertz CT molecular complexity index is 1120. The molecule has 0 spiro atoms. The topological polar surface area (TPSA) is 159 Å². The van der Waals surface area contributed by atoms with Crippen LogP contribution in [0.1, 0.15) is 5.56 Å². The highest BCUT2D eigenvalue weighted by molar-refractivity contribution is 7.93. The van der Waals surface area contributed by atoms with Crippen molar-refractivity contribution in [2.45, 2.75) is 11.8 Å². The van der Waals surface area contributed by atoms with E-state index in [2.05, 4.69) is 4.74 Å². The summed E-state index contributed by atoms with van der Waals surface area (Å²) in [5.74, 6) is -1.04. The Hall–Kier alpha value is -3.74. The number of hydrogen-bond acceptors (Lipinski definition) is 9. The Morgan fingerprint density at radius 3 is 2.13 bits per heavy atom. The van der Waals surface area contributed by atoms with Crippen LogP contribution in [0.5, 0.6) is 5.75 Å². The number of esters is 1. The number of non-ortho nitro benzene ring substituents is 2. The zero-order valence-corrected chi connectivity index (χ0v) is 16.9. The Morgan fingerprint density at radius 1 is 1.03 bits per heavy atom. The van der Waals surface area contributed by atoms with Gasteiger partial charge in [-0.05, 0) is 18.6 Å². The van der Waals surface area contributed by atoms with Crippen LogP contribution < -0.4 is 9.04 Å². The maximum absolute atomic E-state index is 13.4. The van der Waals surface area contributed by atoms with Gasteiger partial charge in [0.15, 0.2) is 0 Å². The van der Waals surface area contributed by atoms with Gasteiger partial charge in [-0.25, -0.2) is 8.42 Å². The average Bonchev–Trinajstić information content (AvgIpc) is 2.70. The van der Waals surface area contributed by atoms with E-state index in [-0.39, 0.29) is 17.0 Å². The van der Waals surface area contributed by atoms with Gasteiger partial charge in [0.2, 0.25) is 0 Å². The first-order valence-corrected chi connectivity index (χ1v) is 9.64. The number of carbonyl (C=O) groups is 1. The van der Waals surface area contributed by atoms with Gasteiger partial charge in [0.1, 0.15) is 18.0 Å². The fourth-order valence-electron chi connectivity index (χ4n) is 2.57. The number of carbonyl (C=O) groups excluding carboxylic acids is 1. The lowest BCUT2D eigenvalue weighted by atomic mass is 10.2. The van der Waals surface area contributed by atoms with E-state index in [0.29, 0.717) is 4.31 Å². The molecule has 2 aromatic rings. The van der Waals surface area contributed by atoms with Crippen LogP contribution in [0.25, 0.3) is 0 Å². The van der Waals surface area contributed by atoms with Crippen LogP contribution in [0, 0.1) is 27.2 Å². The minimum Gasteiger partial charge on any atom is -0.495 e. The van der Waals surface area contributed by atoms with E-state index in [1.54, 1.807) is 0 Å². The maximum Gasteiger partial charge on any atom is 0.326 e. The van der Waals surface area contributed by atoms with E-state index in [4.69, 9.17) is 4.74 Å². The SMILES string of the molecule is COC(=O)CN(c1cc([N+](=O)[O-])ccc1OC)S(=O)(=O)c1cc([N+](=O)[O-])ccc1C. The van der Waals surface area contributed by atoms with Gasteiger partial charge in [0, 0.05) is 24.3 Å². The van der Waals surface area contributed by atoms with Crippen molar-refractivity contribution in [2.24, 2.45) is 0 Å². The molecule has 30 heavy (non-hydrogen) atoms. The van der Waals surface area contributed by atoms with Crippen molar-refractivity contribution in [1.82, 2.24) is 0 Å². The monoisotopic (exact) mass is 439 g/mol. The van der Waals surface area contributed by atoms with Gasteiger partial charge in [-0.1, -0.05) is 6.07 Å². The molecule has 0 unspecified atom stereocenters. The fraction of sp³-hybridized carbons (Fsp3) is 0.235. The Kier molecular flexibility index (Phi) is 6.56. The number of nitro groups is 2. The van der Waals surface area contributed by atoms with E-state index in [0.717, 1.165) is 31.4 Å². The largest absolute Gasteiger partial charge is 0.495 e. The molecule has 2 rings (SSSR count). The smallest absolute Gasteiger partial charge is 0.326 e. The summed E-state index contributed by atoms with van der Waals surface area (Å²) in [4.78, 5) is 32.3. The lowest BCUT2D eigenvalue weighted by molar-refractivity contribution is -0.385. The van der Waals surface area contributed by atoms with Gasteiger partial charge in [-0.3, -0.25) is 29.3 Å². The second-order valence-electron chi connectivity index (χ2n) is 5.91. The zero-order valence-electron chi connectivity index (χ0n) is 16.1. The summed E-state index contributed by atoms with van der Waals surface area (Å²) < 4.78 is 37.0. The van der Waals surface area contributed by atoms with E-state index in [1.165, 1.54) is 26.2 Å². The Balaban J connectivity index is 2.79. The first-order chi connectivity index (χ1) is 14.0. The summed E-state index contributed by atoms with van der Waals surface area (Å²) >= 11 is 0. The molecule has 0 aliphatic heterocycles. The van der Waals surface area contributed by atoms with E-state index < -0.39 is 48.7 Å². The molecule has 0 amide bonds. The maximum atomic E-state index is 13.4. The highest BCUT2D eigenvalue weighted by atomic mass is 32.2. The molecule has 2 aromatic carbocycles. The number of hydrogen-bond donors (Lipinski definition) is 0. The normalized spacial score (nSPS) is 10.9. The number of aryl methyl sites for hydroxylation is 1. The molecule has 0 radical (unpaired) electrons. The van der Waals surface area contributed by atoms with Crippen LogP contribution in [0.2, 0.25) is 0 Å². The van der Waals surface area contributed by atoms with Gasteiger partial charge in [0.25, 0.3) is 21.4 Å². The number of anilines is 1. The van der Waals surface area contributed by atoms with E-state index in [9.17, 15) is 33.4 Å². The standard InChI is InChI=1S/C17H17N3O9S/c1-11-4-5-13(20(24)25)9-16(11)30(26,27)18(10-17(21)29-3)14-8-12(19(22)23)6-7-15(14)28-2/h4-9H,10H2,1-3H3. The summed E-state index contributed by atoms with van der Waals surface area (Å²) in [6.45, 7) is 0.566. The summed E-state index contributed by atoms with van der Waals surface area (Å²) in [5.41, 5.74) is -1.07. The number of methoxy groups -OCH3 is 2. The molecular formula is C17H17N3O9S. The molecule has 13 heteroatoms. The summed E-state index contributed by atoms with van der Waals surface area (Å²) in [6, 6.07) is 6.42. The molecule has 0 aliphatic rings. The molecule has 0 heterocycles. The van der Waals surface area contributed by atoms with Gasteiger partial charge >= 0.3 is 5.97 Å². The van der Waals surface area contributed by atoms with E-state index >= 15 is 0 Å². The predicted octanol–water partition coefficient (Wildman–Crippen LogP) is 2.19. The molecule has 0 aliphatic carbocycles. The first-order valence-electron chi connectivity index (χ1n) is 8.20. The van der Waals surface area contributed by atoms with Gasteiger partial charge < -0.3 is 9.47 Å². The van der Waals surface area contributed by atoms with Crippen molar-refractivity contribution in [3.05, 3.63) is 62.2 Å². The molecular weight excluding hydrogens is 422 g/mol. The van der Waals surface area contributed by atoms with Crippen LogP contribution in [-0.2, 0) is 19.6 Å². The number of ether oxygens (including phenoxy) is 2. The van der Waals surface area contributed by atoms with Crippen molar-refractivity contribution in [3.63, 3.8) is 0 Å². The highest BCUT2D eigenvalue weighted by Gasteiger charge is 2.33. The second kappa shape index (κ2) is 8.73. The molecule has 160 valence electrons. The van der Waals surface area contributed by atoms with Crippen molar-refractivity contribution in [1.29, 1.82) is 0 Å². The second-order valence-corrected chi connectivity index (χ2v) is 7.74. The fourth-order valence-corrected chi connectivity index (χ4v) is 4.23. The van der Waals surface area contributed by atoms with Crippen LogP contribution in [0.4, 0.5) is 17.1 Å². The molecule has 0 saturated carbocycles. The summed E-state index contributed by atoms with van der Waals surface area (Å²) in [5, 5.41) is 22.3.